The highest BCUT2D eigenvalue weighted by atomic mass is 32.2. The van der Waals surface area contributed by atoms with Crippen LogP contribution >= 0.6 is 0 Å². The quantitative estimate of drug-likeness (QED) is 0.430. The van der Waals surface area contributed by atoms with Crippen LogP contribution in [0, 0.1) is 0 Å². The molecule has 1 amide bonds. The smallest absolute Gasteiger partial charge is 0.244 e. The number of rotatable bonds is 6. The first-order valence-electron chi connectivity index (χ1n) is 10.7. The Morgan fingerprint density at radius 2 is 1.44 bits per heavy atom. The molecule has 8 nitrogen and oxygen atoms in total. The minimum atomic E-state index is -3.68. The average molecular weight is 479 g/mol. The van der Waals surface area contributed by atoms with Crippen LogP contribution in [0.5, 0.6) is 0 Å². The van der Waals surface area contributed by atoms with Gasteiger partial charge in [-0.25, -0.2) is 12.7 Å². The number of nitrogens with one attached hydrogen (secondary N) is 1. The van der Waals surface area contributed by atoms with Gasteiger partial charge in [-0.2, -0.15) is 0 Å². The molecule has 4 rings (SSSR count). The number of para-hydroxylation sites is 2. The summed E-state index contributed by atoms with van der Waals surface area (Å²) in [4.78, 5) is 28.1. The Morgan fingerprint density at radius 1 is 0.882 bits per heavy atom. The standard InChI is InChI=1S/C25H26N4O4S/c1-27(2)23-14-13-17(34(32,33)28(3)4)15-20(23)26-24(30)16-29-21-11-7-5-9-18(21)25(31)19-10-6-8-12-22(19)29/h5-15H,16H2,1-4H3,(H,26,30). The molecule has 0 saturated carbocycles. The summed E-state index contributed by atoms with van der Waals surface area (Å²) in [5, 5.41) is 3.93. The minimum Gasteiger partial charge on any atom is -0.376 e. The number of hydrogen-bond donors (Lipinski definition) is 1. The van der Waals surface area contributed by atoms with Crippen LogP contribution in [0.1, 0.15) is 0 Å². The van der Waals surface area contributed by atoms with E-state index >= 15 is 0 Å². The normalized spacial score (nSPS) is 11.8. The van der Waals surface area contributed by atoms with E-state index in [9.17, 15) is 18.0 Å². The zero-order valence-corrected chi connectivity index (χ0v) is 20.3. The molecule has 0 bridgehead atoms. The summed E-state index contributed by atoms with van der Waals surface area (Å²) < 4.78 is 28.2. The van der Waals surface area contributed by atoms with E-state index in [1.54, 1.807) is 39.8 Å². The molecule has 176 valence electrons. The molecule has 34 heavy (non-hydrogen) atoms. The number of pyridine rings is 1. The van der Waals surface area contributed by atoms with Crippen LogP contribution in [0.3, 0.4) is 0 Å². The molecule has 1 heterocycles. The first-order valence-corrected chi connectivity index (χ1v) is 12.1. The van der Waals surface area contributed by atoms with Crippen LogP contribution in [0.2, 0.25) is 0 Å². The molecule has 1 N–H and O–H groups in total. The number of sulfonamides is 1. The molecule has 0 unspecified atom stereocenters. The van der Waals surface area contributed by atoms with Crippen LogP contribution in [-0.2, 0) is 21.4 Å². The van der Waals surface area contributed by atoms with Gasteiger partial charge in [-0.05, 0) is 42.5 Å². The lowest BCUT2D eigenvalue weighted by molar-refractivity contribution is -0.116. The molecule has 1 aromatic heterocycles. The van der Waals surface area contributed by atoms with E-state index < -0.39 is 10.0 Å². The summed E-state index contributed by atoms with van der Waals surface area (Å²) in [6.07, 6.45) is 0. The van der Waals surface area contributed by atoms with E-state index in [1.807, 2.05) is 38.4 Å². The van der Waals surface area contributed by atoms with E-state index in [2.05, 4.69) is 5.32 Å². The predicted molar refractivity (Wildman–Crippen MR) is 136 cm³/mol. The largest absolute Gasteiger partial charge is 0.376 e. The SMILES string of the molecule is CN(C)c1ccc(S(=O)(=O)N(C)C)cc1NC(=O)Cn1c2ccccc2c(=O)c2ccccc21. The first kappa shape index (κ1) is 23.5. The summed E-state index contributed by atoms with van der Waals surface area (Å²) in [5.74, 6) is -0.346. The lowest BCUT2D eigenvalue weighted by Gasteiger charge is -2.21. The van der Waals surface area contributed by atoms with Gasteiger partial charge in [-0.15, -0.1) is 0 Å². The third-order valence-electron chi connectivity index (χ3n) is 5.68. The summed E-state index contributed by atoms with van der Waals surface area (Å²) in [5.41, 5.74) is 2.27. The molecule has 0 aliphatic carbocycles. The Hall–Kier alpha value is -3.69. The molecule has 0 radical (unpaired) electrons. The van der Waals surface area contributed by atoms with Gasteiger partial charge in [0.25, 0.3) is 0 Å². The fraction of sp³-hybridized carbons (Fsp3) is 0.200. The van der Waals surface area contributed by atoms with Crippen molar-refractivity contribution >= 4 is 49.1 Å². The van der Waals surface area contributed by atoms with Gasteiger partial charge in [0.05, 0.1) is 27.3 Å². The van der Waals surface area contributed by atoms with Crippen LogP contribution in [0.15, 0.2) is 76.4 Å². The molecule has 0 saturated heterocycles. The van der Waals surface area contributed by atoms with Crippen LogP contribution in [0.25, 0.3) is 21.8 Å². The average Bonchev–Trinajstić information content (AvgIpc) is 2.81. The second-order valence-electron chi connectivity index (χ2n) is 8.36. The van der Waals surface area contributed by atoms with E-state index in [4.69, 9.17) is 0 Å². The Bertz CT molecular complexity index is 1510. The molecule has 9 heteroatoms. The number of aromatic nitrogens is 1. The van der Waals surface area contributed by atoms with E-state index in [1.165, 1.54) is 26.2 Å². The number of anilines is 2. The van der Waals surface area contributed by atoms with Gasteiger partial charge >= 0.3 is 0 Å². The maximum atomic E-state index is 13.2. The Kier molecular flexibility index (Phi) is 6.16. The van der Waals surface area contributed by atoms with Crippen molar-refractivity contribution in [3.05, 3.63) is 77.0 Å². The topological polar surface area (TPSA) is 91.7 Å². The Morgan fingerprint density at radius 3 is 1.97 bits per heavy atom. The van der Waals surface area contributed by atoms with Crippen molar-refractivity contribution in [1.29, 1.82) is 0 Å². The van der Waals surface area contributed by atoms with Gasteiger partial charge in [0, 0.05) is 39.0 Å². The minimum absolute atomic E-state index is 0.0567. The molecule has 0 aliphatic rings. The molecule has 3 aromatic carbocycles. The van der Waals surface area contributed by atoms with E-state index in [0.29, 0.717) is 33.2 Å². The van der Waals surface area contributed by atoms with Crippen molar-refractivity contribution in [2.75, 3.05) is 38.4 Å². The number of amides is 1. The second kappa shape index (κ2) is 8.92. The Balaban J connectivity index is 1.78. The summed E-state index contributed by atoms with van der Waals surface area (Å²) in [6, 6.07) is 19.0. The summed E-state index contributed by atoms with van der Waals surface area (Å²) >= 11 is 0. The van der Waals surface area contributed by atoms with Crippen molar-refractivity contribution in [1.82, 2.24) is 8.87 Å². The maximum Gasteiger partial charge on any atom is 0.244 e. The van der Waals surface area contributed by atoms with Crippen molar-refractivity contribution in [2.24, 2.45) is 0 Å². The molecule has 0 spiro atoms. The Labute approximate surface area is 198 Å². The zero-order valence-electron chi connectivity index (χ0n) is 19.4. The molecule has 0 aliphatic heterocycles. The van der Waals surface area contributed by atoms with Crippen molar-refractivity contribution in [3.8, 4) is 0 Å². The number of benzene rings is 3. The lowest BCUT2D eigenvalue weighted by Crippen LogP contribution is -2.24. The van der Waals surface area contributed by atoms with Crippen LogP contribution in [0.4, 0.5) is 11.4 Å². The van der Waals surface area contributed by atoms with Gasteiger partial charge in [-0.1, -0.05) is 24.3 Å². The molecule has 4 aromatic rings. The second-order valence-corrected chi connectivity index (χ2v) is 10.5. The lowest BCUT2D eigenvalue weighted by atomic mass is 10.1. The highest BCUT2D eigenvalue weighted by Crippen LogP contribution is 2.29. The maximum absolute atomic E-state index is 13.2. The molecule has 0 fully saturated rings. The van der Waals surface area contributed by atoms with Crippen molar-refractivity contribution in [2.45, 2.75) is 11.4 Å². The van der Waals surface area contributed by atoms with Gasteiger partial charge in [-0.3, -0.25) is 9.59 Å². The van der Waals surface area contributed by atoms with Crippen LogP contribution < -0.4 is 15.6 Å². The fourth-order valence-corrected chi connectivity index (χ4v) is 4.89. The summed E-state index contributed by atoms with van der Waals surface area (Å²) in [7, 11) is 2.87. The number of carbonyl (C=O) groups is 1. The van der Waals surface area contributed by atoms with E-state index in [-0.39, 0.29) is 22.8 Å². The zero-order chi connectivity index (χ0) is 24.6. The monoisotopic (exact) mass is 478 g/mol. The first-order chi connectivity index (χ1) is 16.1. The molecule has 0 atom stereocenters. The van der Waals surface area contributed by atoms with Gasteiger partial charge in [0.1, 0.15) is 6.54 Å². The number of fused-ring (bicyclic) bond motifs is 2. The predicted octanol–water partition coefficient (Wildman–Crippen LogP) is 3.11. The van der Waals surface area contributed by atoms with Crippen molar-refractivity contribution < 1.29 is 13.2 Å². The third-order valence-corrected chi connectivity index (χ3v) is 7.49. The summed E-state index contributed by atoms with van der Waals surface area (Å²) in [6.45, 7) is -0.0567. The molecular formula is C25H26N4O4S. The number of carbonyl (C=O) groups excluding carboxylic acids is 1. The van der Waals surface area contributed by atoms with Gasteiger partial charge in [0.15, 0.2) is 5.43 Å². The van der Waals surface area contributed by atoms with E-state index in [0.717, 1.165) is 4.31 Å². The van der Waals surface area contributed by atoms with Gasteiger partial charge in [0.2, 0.25) is 15.9 Å². The highest BCUT2D eigenvalue weighted by Gasteiger charge is 2.20. The van der Waals surface area contributed by atoms with Crippen molar-refractivity contribution in [3.63, 3.8) is 0 Å². The fourth-order valence-electron chi connectivity index (χ4n) is 3.96. The van der Waals surface area contributed by atoms with Crippen LogP contribution in [-0.4, -0.2) is 51.4 Å². The van der Waals surface area contributed by atoms with Gasteiger partial charge < -0.3 is 14.8 Å². The number of nitrogens with zero attached hydrogens (tertiary/aromatic N) is 3. The highest BCUT2D eigenvalue weighted by molar-refractivity contribution is 7.89. The number of hydrogen-bond acceptors (Lipinski definition) is 5. The molecular weight excluding hydrogens is 452 g/mol. The third kappa shape index (κ3) is 4.15.